The molecule has 0 bridgehead atoms. The summed E-state index contributed by atoms with van der Waals surface area (Å²) in [5, 5.41) is 11.9. The zero-order chi connectivity index (χ0) is 13.4. The van der Waals surface area contributed by atoms with E-state index in [4.69, 9.17) is 15.6 Å². The molecule has 0 heterocycles. The first-order valence-corrected chi connectivity index (χ1v) is 5.92. The van der Waals surface area contributed by atoms with Crippen LogP contribution in [0.2, 0.25) is 0 Å². The fourth-order valence-corrected chi connectivity index (χ4v) is 1.41. The Balaban J connectivity index is 0.00000324. The molecule has 108 valence electrons. The van der Waals surface area contributed by atoms with Gasteiger partial charge in [0.05, 0.1) is 6.61 Å². The number of aliphatic hydroxyl groups is 1. The number of nitrogens with two attached hydrogens (primary N) is 1. The number of halogens is 1. The first-order valence-electron chi connectivity index (χ1n) is 5.92. The minimum atomic E-state index is 0. The molecule has 1 rings (SSSR count). The number of nitrogens with zero attached hydrogens (tertiary/aromatic N) is 1. The summed E-state index contributed by atoms with van der Waals surface area (Å²) in [7, 11) is 1.65. The molecule has 1 unspecified atom stereocenters. The van der Waals surface area contributed by atoms with Gasteiger partial charge in [0.25, 0.3) is 0 Å². The minimum Gasteiger partial charge on any atom is -0.396 e. The molecule has 0 aromatic heterocycles. The third-order valence-electron chi connectivity index (χ3n) is 2.46. The number of rotatable bonds is 6. The van der Waals surface area contributed by atoms with Crippen LogP contribution in [0.3, 0.4) is 0 Å². The van der Waals surface area contributed by atoms with Crippen LogP contribution in [-0.2, 0) is 11.3 Å². The molecule has 1 atom stereocenters. The molecule has 4 N–H and O–H groups in total. The Bertz CT molecular complexity index is 399. The molecule has 0 fully saturated rings. The van der Waals surface area contributed by atoms with Crippen LogP contribution in [0.1, 0.15) is 12.5 Å². The number of guanidine groups is 1. The van der Waals surface area contributed by atoms with E-state index in [1.54, 1.807) is 7.11 Å². The maximum atomic E-state index is 8.90. The van der Waals surface area contributed by atoms with Crippen molar-refractivity contribution in [2.75, 3.05) is 25.6 Å². The van der Waals surface area contributed by atoms with E-state index in [1.165, 1.54) is 0 Å². The number of aliphatic hydroxyl groups excluding tert-OH is 1. The highest BCUT2D eigenvalue weighted by molar-refractivity contribution is 14.0. The van der Waals surface area contributed by atoms with Crippen molar-refractivity contribution in [2.45, 2.75) is 13.5 Å². The molecule has 0 saturated carbocycles. The van der Waals surface area contributed by atoms with E-state index in [9.17, 15) is 0 Å². The van der Waals surface area contributed by atoms with Crippen LogP contribution in [0.25, 0.3) is 0 Å². The molecule has 0 aliphatic carbocycles. The Morgan fingerprint density at radius 1 is 1.47 bits per heavy atom. The first kappa shape index (κ1) is 18.1. The molecule has 6 heteroatoms. The molecule has 0 radical (unpaired) electrons. The van der Waals surface area contributed by atoms with Crippen molar-refractivity contribution in [1.82, 2.24) is 0 Å². The molecule has 0 amide bonds. The molecule has 1 aromatic carbocycles. The van der Waals surface area contributed by atoms with Crippen LogP contribution in [0.15, 0.2) is 29.3 Å². The van der Waals surface area contributed by atoms with Crippen molar-refractivity contribution in [1.29, 1.82) is 0 Å². The standard InChI is InChI=1S/C13H21N3O2.HI/c1-10(8-17)7-15-13(14)16-12-6-4-3-5-11(12)9-18-2;/h3-6,10,17H,7-9H2,1-2H3,(H3,14,15,16);1H. The Hall–Kier alpha value is -0.860. The van der Waals surface area contributed by atoms with Gasteiger partial charge in [0.15, 0.2) is 5.96 Å². The molecular formula is C13H22IN3O2. The molecule has 0 aliphatic heterocycles. The van der Waals surface area contributed by atoms with Crippen molar-refractivity contribution >= 4 is 35.6 Å². The molecule has 1 aromatic rings. The average Bonchev–Trinajstić information content (AvgIpc) is 2.38. The van der Waals surface area contributed by atoms with Gasteiger partial charge in [-0.2, -0.15) is 0 Å². The normalized spacial score (nSPS) is 12.7. The topological polar surface area (TPSA) is 79.9 Å². The number of aliphatic imine (C=N–C) groups is 1. The fraction of sp³-hybridized carbons (Fsp3) is 0.462. The zero-order valence-electron chi connectivity index (χ0n) is 11.3. The number of benzene rings is 1. The van der Waals surface area contributed by atoms with E-state index in [0.29, 0.717) is 19.1 Å². The van der Waals surface area contributed by atoms with E-state index in [1.807, 2.05) is 31.2 Å². The lowest BCUT2D eigenvalue weighted by Crippen LogP contribution is -2.24. The summed E-state index contributed by atoms with van der Waals surface area (Å²) in [4.78, 5) is 4.17. The summed E-state index contributed by atoms with van der Waals surface area (Å²) in [6, 6.07) is 7.76. The van der Waals surface area contributed by atoms with Gasteiger partial charge in [-0.3, -0.25) is 4.99 Å². The van der Waals surface area contributed by atoms with Crippen molar-refractivity contribution in [3.8, 4) is 0 Å². The maximum absolute atomic E-state index is 8.90. The van der Waals surface area contributed by atoms with Gasteiger partial charge >= 0.3 is 0 Å². The third-order valence-corrected chi connectivity index (χ3v) is 2.46. The Morgan fingerprint density at radius 2 is 2.16 bits per heavy atom. The van der Waals surface area contributed by atoms with Crippen molar-refractivity contribution in [3.63, 3.8) is 0 Å². The summed E-state index contributed by atoms with van der Waals surface area (Å²) in [5.74, 6) is 0.457. The first-order chi connectivity index (χ1) is 8.67. The van der Waals surface area contributed by atoms with Crippen molar-refractivity contribution in [2.24, 2.45) is 16.6 Å². The second kappa shape index (κ2) is 9.99. The van der Waals surface area contributed by atoms with Gasteiger partial charge < -0.3 is 20.9 Å². The van der Waals surface area contributed by atoms with Crippen molar-refractivity contribution < 1.29 is 9.84 Å². The number of para-hydroxylation sites is 1. The number of hydrogen-bond acceptors (Lipinski definition) is 3. The van der Waals surface area contributed by atoms with Gasteiger partial charge in [-0.05, 0) is 12.0 Å². The van der Waals surface area contributed by atoms with Gasteiger partial charge in [-0.25, -0.2) is 0 Å². The second-order valence-corrected chi connectivity index (χ2v) is 4.23. The average molecular weight is 379 g/mol. The zero-order valence-corrected chi connectivity index (χ0v) is 13.6. The highest BCUT2D eigenvalue weighted by Gasteiger charge is 2.03. The number of anilines is 1. The number of hydrogen-bond donors (Lipinski definition) is 3. The maximum Gasteiger partial charge on any atom is 0.193 e. The fourth-order valence-electron chi connectivity index (χ4n) is 1.41. The highest BCUT2D eigenvalue weighted by Crippen LogP contribution is 2.15. The summed E-state index contributed by atoms with van der Waals surface area (Å²) in [6.45, 7) is 3.04. The molecular weight excluding hydrogens is 357 g/mol. The van der Waals surface area contributed by atoms with Gasteiger partial charge in [0.2, 0.25) is 0 Å². The van der Waals surface area contributed by atoms with Crippen LogP contribution in [0.5, 0.6) is 0 Å². The SMILES string of the molecule is COCc1ccccc1NC(N)=NCC(C)CO.I. The lowest BCUT2D eigenvalue weighted by molar-refractivity contribution is 0.185. The Morgan fingerprint density at radius 3 is 2.79 bits per heavy atom. The van der Waals surface area contributed by atoms with Gasteiger partial charge in [-0.1, -0.05) is 25.1 Å². The summed E-state index contributed by atoms with van der Waals surface area (Å²) in [5.41, 5.74) is 7.70. The van der Waals surface area contributed by atoms with Gasteiger partial charge in [0.1, 0.15) is 0 Å². The highest BCUT2D eigenvalue weighted by atomic mass is 127. The van der Waals surface area contributed by atoms with Crippen LogP contribution >= 0.6 is 24.0 Å². The molecule has 0 aliphatic rings. The van der Waals surface area contributed by atoms with Crippen LogP contribution in [-0.4, -0.2) is 31.3 Å². The van der Waals surface area contributed by atoms with E-state index in [2.05, 4.69) is 10.3 Å². The van der Waals surface area contributed by atoms with Crippen LogP contribution in [0, 0.1) is 5.92 Å². The second-order valence-electron chi connectivity index (χ2n) is 4.23. The molecule has 0 spiro atoms. The van der Waals surface area contributed by atoms with E-state index < -0.39 is 0 Å². The largest absolute Gasteiger partial charge is 0.396 e. The monoisotopic (exact) mass is 379 g/mol. The molecule has 19 heavy (non-hydrogen) atoms. The van der Waals surface area contributed by atoms with Gasteiger partial charge in [-0.15, -0.1) is 24.0 Å². The van der Waals surface area contributed by atoms with Crippen molar-refractivity contribution in [3.05, 3.63) is 29.8 Å². The van der Waals surface area contributed by atoms with Gasteiger partial charge in [0, 0.05) is 31.5 Å². The minimum absolute atomic E-state index is 0. The quantitative estimate of drug-likeness (QED) is 0.400. The lowest BCUT2D eigenvalue weighted by Gasteiger charge is -2.11. The predicted octanol–water partition coefficient (Wildman–Crippen LogP) is 1.81. The molecule has 0 saturated heterocycles. The number of nitrogens with one attached hydrogen (secondary N) is 1. The number of methoxy groups -OCH3 is 1. The van der Waals surface area contributed by atoms with E-state index in [0.717, 1.165) is 11.3 Å². The van der Waals surface area contributed by atoms with E-state index in [-0.39, 0.29) is 36.5 Å². The summed E-state index contributed by atoms with van der Waals surface area (Å²) in [6.07, 6.45) is 0. The third kappa shape index (κ3) is 6.74. The number of ether oxygens (including phenoxy) is 1. The summed E-state index contributed by atoms with van der Waals surface area (Å²) < 4.78 is 5.11. The van der Waals surface area contributed by atoms with E-state index >= 15 is 0 Å². The Labute approximate surface area is 131 Å². The molecule has 5 nitrogen and oxygen atoms in total. The lowest BCUT2D eigenvalue weighted by atomic mass is 10.2. The summed E-state index contributed by atoms with van der Waals surface area (Å²) >= 11 is 0. The Kier molecular flexibility index (Phi) is 9.54. The van der Waals surface area contributed by atoms with Crippen LogP contribution in [0.4, 0.5) is 5.69 Å². The smallest absolute Gasteiger partial charge is 0.193 e. The predicted molar refractivity (Wildman–Crippen MR) is 88.9 cm³/mol. The van der Waals surface area contributed by atoms with Crippen LogP contribution < -0.4 is 11.1 Å².